The van der Waals surface area contributed by atoms with Crippen LogP contribution in [0.3, 0.4) is 0 Å². The molecular formula is B10. The molecule has 0 aromatic carbocycles. The summed E-state index contributed by atoms with van der Waals surface area (Å²) >= 11 is 0. The van der Waals surface area contributed by atoms with E-state index in [1.54, 1.807) is 7.06 Å². The van der Waals surface area contributed by atoms with Crippen LogP contribution in [0.25, 0.3) is 0 Å². The molecule has 0 unspecified atom stereocenters. The maximum atomic E-state index is 5.32. The van der Waals surface area contributed by atoms with Crippen molar-refractivity contribution in [3.05, 3.63) is 0 Å². The van der Waals surface area contributed by atoms with Gasteiger partial charge in [0.2, 0.25) is 0 Å². The number of hydrogen-bond donors (Lipinski definition) is 0. The summed E-state index contributed by atoms with van der Waals surface area (Å²) in [6.07, 6.45) is -1.28. The fourth-order valence-corrected chi connectivity index (χ4v) is 0.577. The summed E-state index contributed by atoms with van der Waals surface area (Å²) in [6.45, 7) is 0. The Labute approximate surface area is 72.4 Å². The zero-order valence-corrected chi connectivity index (χ0v) is 5.77. The molecule has 0 aliphatic heterocycles. The summed E-state index contributed by atoms with van der Waals surface area (Å²) in [6, 6.07) is 0. The van der Waals surface area contributed by atoms with Crippen LogP contribution in [0.5, 0.6) is 0 Å². The fraction of sp³-hybridized carbons (Fsp3) is 0. The quantitative estimate of drug-likeness (QED) is 0.324. The Balaban J connectivity index is 3.60. The topological polar surface area (TPSA) is 0 Å². The predicted molar refractivity (Wildman–Crippen MR) is 57.5 cm³/mol. The van der Waals surface area contributed by atoms with Crippen molar-refractivity contribution in [2.45, 2.75) is 0 Å². The fourth-order valence-electron chi connectivity index (χ4n) is 0.577. The molecule has 0 rings (SSSR count). The number of hydrogen-bond acceptors (Lipinski definition) is 0. The van der Waals surface area contributed by atoms with Crippen molar-refractivity contribution in [1.29, 1.82) is 0 Å². The SMILES string of the molecule is [B][B]B([B]B([B])[B])B([B])[B]. The van der Waals surface area contributed by atoms with E-state index >= 15 is 0 Å². The lowest BCUT2D eigenvalue weighted by Crippen LogP contribution is -2.53. The summed E-state index contributed by atoms with van der Waals surface area (Å²) in [5.41, 5.74) is 0. The minimum Gasteiger partial charge on any atom is 0 e. The van der Waals surface area contributed by atoms with Crippen LogP contribution in [-0.2, 0) is 0 Å². The van der Waals surface area contributed by atoms with E-state index in [1.165, 1.54) is 7.06 Å². The van der Waals surface area contributed by atoms with Crippen LogP contribution >= 0.6 is 0 Å². The monoisotopic (exact) mass is 110 g/mol. The molecule has 10 heteroatoms. The Bertz CT molecular complexity index is 72.1. The Morgan fingerprint density at radius 1 is 1.00 bits per heavy atom. The molecule has 0 amide bonds. The van der Waals surface area contributed by atoms with Crippen LogP contribution in [0, 0.1) is 0 Å². The molecule has 0 fully saturated rings. The van der Waals surface area contributed by atoms with Crippen LogP contribution in [0.2, 0.25) is 0 Å². The van der Waals surface area contributed by atoms with Crippen molar-refractivity contribution in [1.82, 2.24) is 0 Å². The van der Waals surface area contributed by atoms with Crippen LogP contribution in [-0.4, -0.2) is 72.0 Å². The molecular weight excluding hydrogens is 108 g/mol. The Morgan fingerprint density at radius 2 is 1.50 bits per heavy atom. The predicted octanol–water partition coefficient (Wildman–Crippen LogP) is -3.81. The molecule has 0 atom stereocenters. The summed E-state index contributed by atoms with van der Waals surface area (Å²) in [5.74, 6) is 0. The average molecular weight is 108 g/mol. The van der Waals surface area contributed by atoms with Crippen LogP contribution in [0.1, 0.15) is 0 Å². The lowest BCUT2D eigenvalue weighted by atomic mass is 8.66. The van der Waals surface area contributed by atoms with Gasteiger partial charge in [-0.05, 0) is 0 Å². The van der Waals surface area contributed by atoms with Gasteiger partial charge in [0, 0.05) is 72.0 Å². The maximum Gasteiger partial charge on any atom is 0 e. The van der Waals surface area contributed by atoms with Gasteiger partial charge in [0.05, 0.1) is 0 Å². The Morgan fingerprint density at radius 3 is 1.60 bits per heavy atom. The zero-order chi connectivity index (χ0) is 8.15. The minimum absolute atomic E-state index is 0.222. The second-order valence-corrected chi connectivity index (χ2v) is 2.12. The summed E-state index contributed by atoms with van der Waals surface area (Å²) in [5, 5.41) is 0. The lowest BCUT2D eigenvalue weighted by molar-refractivity contribution is 3.60. The van der Waals surface area contributed by atoms with Gasteiger partial charge in [-0.1, -0.05) is 0 Å². The standard InChI is InChI=1S/B10/c1-6-10(9(4)5)7-8(2)3. The third kappa shape index (κ3) is 4.46. The molecule has 0 saturated heterocycles. The second kappa shape index (κ2) is 5.32. The van der Waals surface area contributed by atoms with Crippen molar-refractivity contribution in [3.8, 4) is 0 Å². The Hall–Kier alpha value is 0.649. The summed E-state index contributed by atoms with van der Waals surface area (Å²) < 4.78 is 0. The van der Waals surface area contributed by atoms with Crippen molar-refractivity contribution in [2.24, 2.45) is 0 Å². The minimum atomic E-state index is -0.528. The molecule has 30 valence electrons. The number of rotatable bonds is 4. The summed E-state index contributed by atoms with van der Waals surface area (Å²) in [4.78, 5) is 0. The van der Waals surface area contributed by atoms with E-state index in [4.69, 9.17) is 38.7 Å². The zero-order valence-electron chi connectivity index (χ0n) is 5.77. The third-order valence-electron chi connectivity index (χ3n) is 1.11. The van der Waals surface area contributed by atoms with Gasteiger partial charge in [-0.2, -0.15) is 0 Å². The van der Waals surface area contributed by atoms with E-state index in [-0.39, 0.29) is 6.39 Å². The molecule has 0 aromatic heterocycles. The van der Waals surface area contributed by atoms with Gasteiger partial charge in [-0.25, -0.2) is 0 Å². The van der Waals surface area contributed by atoms with Crippen LogP contribution in [0.15, 0.2) is 0 Å². The normalized spacial score (nSPS) is 8.00. The molecule has 0 bridgehead atoms. The summed E-state index contributed by atoms with van der Waals surface area (Å²) in [7, 11) is 29.3. The van der Waals surface area contributed by atoms with E-state index in [2.05, 4.69) is 0 Å². The van der Waals surface area contributed by atoms with Gasteiger partial charge in [-0.3, -0.25) is 0 Å². The van der Waals surface area contributed by atoms with E-state index < -0.39 is 12.8 Å². The highest BCUT2D eigenvalue weighted by Crippen LogP contribution is 1.78. The average Bonchev–Trinajstić information content (AvgIpc) is 1.81. The first kappa shape index (κ1) is 10.6. The largest absolute Gasteiger partial charge is 0 e. The highest BCUT2D eigenvalue weighted by molar-refractivity contribution is 7.91. The highest BCUT2D eigenvalue weighted by Gasteiger charge is 2.16. The molecule has 0 spiro atoms. The van der Waals surface area contributed by atoms with E-state index in [0.717, 1.165) is 0 Å². The molecule has 0 aliphatic rings. The van der Waals surface area contributed by atoms with Gasteiger partial charge in [0.15, 0.2) is 0 Å². The molecule has 0 aliphatic carbocycles. The van der Waals surface area contributed by atoms with E-state index in [9.17, 15) is 0 Å². The second-order valence-electron chi connectivity index (χ2n) is 2.12. The van der Waals surface area contributed by atoms with Gasteiger partial charge in [0.1, 0.15) is 0 Å². The lowest BCUT2D eigenvalue weighted by Gasteiger charge is -2.15. The van der Waals surface area contributed by atoms with Crippen molar-refractivity contribution < 1.29 is 0 Å². The smallest absolute Gasteiger partial charge is 0 e. The molecule has 0 saturated carbocycles. The first-order valence-electron chi connectivity index (χ1n) is 3.00. The van der Waals surface area contributed by atoms with Gasteiger partial charge in [0.25, 0.3) is 0 Å². The molecule has 0 aromatic rings. The molecule has 0 N–H and O–H groups in total. The third-order valence-corrected chi connectivity index (χ3v) is 1.11. The maximum absolute atomic E-state index is 5.32. The van der Waals surface area contributed by atoms with Gasteiger partial charge in [-0.15, -0.1) is 0 Å². The molecule has 0 nitrogen and oxygen atoms in total. The van der Waals surface area contributed by atoms with E-state index in [0.29, 0.717) is 0 Å². The Kier molecular flexibility index (Phi) is 5.66. The van der Waals surface area contributed by atoms with Crippen LogP contribution < -0.4 is 0 Å². The van der Waals surface area contributed by atoms with Crippen LogP contribution in [0.4, 0.5) is 0 Å². The first-order chi connectivity index (χ1) is 4.57. The molecule has 12 radical (unpaired) electrons. The highest BCUT2D eigenvalue weighted by atomic mass is 13.0. The van der Waals surface area contributed by atoms with Crippen molar-refractivity contribution in [3.63, 3.8) is 0 Å². The molecule has 10 heavy (non-hydrogen) atoms. The van der Waals surface area contributed by atoms with E-state index in [1.807, 2.05) is 0 Å². The molecule has 0 heterocycles. The van der Waals surface area contributed by atoms with Crippen molar-refractivity contribution in [2.75, 3.05) is 0 Å². The first-order valence-corrected chi connectivity index (χ1v) is 3.00. The van der Waals surface area contributed by atoms with Crippen molar-refractivity contribution >= 4 is 72.0 Å². The van der Waals surface area contributed by atoms with Gasteiger partial charge < -0.3 is 0 Å². The van der Waals surface area contributed by atoms with Gasteiger partial charge >= 0.3 is 0 Å².